The molecule has 0 saturated carbocycles. The highest BCUT2D eigenvalue weighted by atomic mass is 79.9. The number of rotatable bonds is 5. The summed E-state index contributed by atoms with van der Waals surface area (Å²) in [6.07, 6.45) is 1.66. The molecule has 0 atom stereocenters. The maximum absolute atomic E-state index is 5.81. The smallest absolute Gasteiger partial charge is 0.180 e. The highest BCUT2D eigenvalue weighted by Gasteiger charge is 2.09. The van der Waals surface area contributed by atoms with Gasteiger partial charge >= 0.3 is 0 Å². The normalized spacial score (nSPS) is 11.0. The van der Waals surface area contributed by atoms with Crippen molar-refractivity contribution < 1.29 is 4.42 Å². The van der Waals surface area contributed by atoms with Crippen LogP contribution in [-0.2, 0) is 0 Å². The minimum Gasteiger partial charge on any atom is -0.447 e. The molecule has 116 valence electrons. The lowest BCUT2D eigenvalue weighted by Crippen LogP contribution is -1.88. The second kappa shape index (κ2) is 7.53. The van der Waals surface area contributed by atoms with Gasteiger partial charge in [0, 0.05) is 11.0 Å². The van der Waals surface area contributed by atoms with E-state index in [1.165, 1.54) is 5.56 Å². The predicted octanol–water partition coefficient (Wildman–Crippen LogP) is 5.95. The zero-order chi connectivity index (χ0) is 16.1. The van der Waals surface area contributed by atoms with Crippen LogP contribution in [0.3, 0.4) is 0 Å². The molecule has 1 N–H and O–H groups in total. The third-order valence-corrected chi connectivity index (χ3v) is 4.91. The Morgan fingerprint density at radius 2 is 1.83 bits per heavy atom. The molecule has 0 spiro atoms. The summed E-state index contributed by atoms with van der Waals surface area (Å²) in [5, 5.41) is 5.00. The summed E-state index contributed by atoms with van der Waals surface area (Å²) in [5.74, 6) is 0.690. The van der Waals surface area contributed by atoms with Gasteiger partial charge in [0.25, 0.3) is 0 Å². The Morgan fingerprint density at radius 1 is 1.09 bits per heavy atom. The largest absolute Gasteiger partial charge is 0.447 e. The minimum atomic E-state index is 0.690. The number of hydrogen-bond acceptors (Lipinski definition) is 4. The van der Waals surface area contributed by atoms with Crippen LogP contribution < -0.4 is 5.43 Å². The average molecular weight is 387 g/mol. The van der Waals surface area contributed by atoms with Crippen LogP contribution in [0.1, 0.15) is 11.3 Å². The molecule has 2 aromatic carbocycles. The first-order valence-corrected chi connectivity index (χ1v) is 8.69. The summed E-state index contributed by atoms with van der Waals surface area (Å²) in [4.78, 5) is 1.14. The van der Waals surface area contributed by atoms with Gasteiger partial charge in [-0.25, -0.2) is 0 Å². The lowest BCUT2D eigenvalue weighted by Gasteiger charge is -1.99. The van der Waals surface area contributed by atoms with Crippen molar-refractivity contribution in [2.24, 2.45) is 5.10 Å². The molecule has 0 radical (unpaired) electrons. The van der Waals surface area contributed by atoms with Crippen LogP contribution in [-0.4, -0.2) is 6.21 Å². The van der Waals surface area contributed by atoms with Gasteiger partial charge in [-0.3, -0.25) is 5.43 Å². The predicted molar refractivity (Wildman–Crippen MR) is 99.4 cm³/mol. The summed E-state index contributed by atoms with van der Waals surface area (Å²) in [7, 11) is 0. The third kappa shape index (κ3) is 4.50. The summed E-state index contributed by atoms with van der Waals surface area (Å²) < 4.78 is 6.73. The van der Waals surface area contributed by atoms with E-state index in [1.807, 2.05) is 36.4 Å². The van der Waals surface area contributed by atoms with Crippen molar-refractivity contribution in [3.05, 3.63) is 76.5 Å². The van der Waals surface area contributed by atoms with E-state index >= 15 is 0 Å². The highest BCUT2D eigenvalue weighted by Crippen LogP contribution is 2.35. The molecule has 3 aromatic rings. The maximum Gasteiger partial charge on any atom is 0.180 e. The van der Waals surface area contributed by atoms with Crippen LogP contribution in [0.5, 0.6) is 0 Å². The van der Waals surface area contributed by atoms with Crippen LogP contribution in [0.4, 0.5) is 5.69 Å². The van der Waals surface area contributed by atoms with Gasteiger partial charge in [-0.15, -0.1) is 0 Å². The first kappa shape index (κ1) is 15.9. The third-order valence-electron chi connectivity index (χ3n) is 3.07. The molecule has 0 aliphatic rings. The molecule has 0 fully saturated rings. The van der Waals surface area contributed by atoms with E-state index in [2.05, 4.69) is 57.6 Å². The molecule has 3 nitrogen and oxygen atoms in total. The monoisotopic (exact) mass is 386 g/mol. The zero-order valence-electron chi connectivity index (χ0n) is 12.5. The molecule has 0 amide bonds. The van der Waals surface area contributed by atoms with Gasteiger partial charge in [0.1, 0.15) is 5.76 Å². The van der Waals surface area contributed by atoms with Crippen molar-refractivity contribution in [1.29, 1.82) is 0 Å². The molecule has 5 heteroatoms. The minimum absolute atomic E-state index is 0.690. The van der Waals surface area contributed by atoms with Crippen molar-refractivity contribution in [3.8, 4) is 0 Å². The van der Waals surface area contributed by atoms with Gasteiger partial charge in [-0.05, 0) is 47.1 Å². The van der Waals surface area contributed by atoms with E-state index in [-0.39, 0.29) is 0 Å². The fourth-order valence-electron chi connectivity index (χ4n) is 1.90. The van der Waals surface area contributed by atoms with Crippen molar-refractivity contribution in [1.82, 2.24) is 0 Å². The van der Waals surface area contributed by atoms with E-state index in [0.29, 0.717) is 5.76 Å². The Labute approximate surface area is 147 Å². The van der Waals surface area contributed by atoms with Gasteiger partial charge in [0.2, 0.25) is 0 Å². The number of nitrogens with zero attached hydrogens (tertiary/aromatic N) is 1. The van der Waals surface area contributed by atoms with Gasteiger partial charge in [-0.2, -0.15) is 5.10 Å². The molecule has 0 bridgehead atoms. The molecule has 0 aliphatic carbocycles. The lowest BCUT2D eigenvalue weighted by molar-refractivity contribution is 0.466. The van der Waals surface area contributed by atoms with Crippen LogP contribution in [0.25, 0.3) is 0 Å². The Kier molecular flexibility index (Phi) is 5.20. The number of nitrogens with one attached hydrogen (secondary N) is 1. The topological polar surface area (TPSA) is 37.5 Å². The maximum atomic E-state index is 5.81. The fraction of sp³-hybridized carbons (Fsp3) is 0.0556. The van der Waals surface area contributed by atoms with Crippen molar-refractivity contribution >= 4 is 39.6 Å². The van der Waals surface area contributed by atoms with Crippen LogP contribution >= 0.6 is 27.7 Å². The molecule has 0 saturated heterocycles. The van der Waals surface area contributed by atoms with Crippen LogP contribution in [0.2, 0.25) is 0 Å². The molecule has 23 heavy (non-hydrogen) atoms. The number of aryl methyl sites for hydroxylation is 1. The number of para-hydroxylation sites is 1. The molecule has 1 heterocycles. The van der Waals surface area contributed by atoms with Gasteiger partial charge in [0.05, 0.1) is 16.4 Å². The average Bonchev–Trinajstić information content (AvgIpc) is 2.90. The molecule has 0 aliphatic heterocycles. The first-order chi connectivity index (χ1) is 11.2. The Bertz CT molecular complexity index is 798. The summed E-state index contributed by atoms with van der Waals surface area (Å²) in [6, 6.07) is 20.0. The van der Waals surface area contributed by atoms with Gasteiger partial charge in [-0.1, -0.05) is 47.7 Å². The highest BCUT2D eigenvalue weighted by molar-refractivity contribution is 9.10. The quantitative estimate of drug-likeness (QED) is 0.434. The number of anilines is 1. The number of benzene rings is 2. The SMILES string of the molecule is Cc1ccc(Sc2oc(/C=N\Nc3ccccc3)cc2Br)cc1. The van der Waals surface area contributed by atoms with E-state index in [0.717, 1.165) is 20.1 Å². The second-order valence-corrected chi connectivity index (χ2v) is 6.84. The zero-order valence-corrected chi connectivity index (χ0v) is 14.9. The molecular formula is C18H15BrN2OS. The van der Waals surface area contributed by atoms with Crippen LogP contribution in [0.15, 0.2) is 84.6 Å². The standard InChI is InChI=1S/C18H15BrN2OS/c1-13-7-9-16(10-8-13)23-18-17(19)11-15(22-18)12-20-21-14-5-3-2-4-6-14/h2-12,21H,1H3/b20-12-. The van der Waals surface area contributed by atoms with Crippen molar-refractivity contribution in [2.75, 3.05) is 5.43 Å². The molecular weight excluding hydrogens is 372 g/mol. The summed E-state index contributed by atoms with van der Waals surface area (Å²) in [5.41, 5.74) is 5.14. The molecule has 3 rings (SSSR count). The first-order valence-electron chi connectivity index (χ1n) is 7.09. The molecule has 0 unspecified atom stereocenters. The van der Waals surface area contributed by atoms with E-state index in [9.17, 15) is 0 Å². The van der Waals surface area contributed by atoms with Gasteiger partial charge < -0.3 is 4.42 Å². The Hall–Kier alpha value is -1.98. The van der Waals surface area contributed by atoms with E-state index in [4.69, 9.17) is 4.42 Å². The second-order valence-electron chi connectivity index (χ2n) is 4.94. The van der Waals surface area contributed by atoms with Crippen LogP contribution in [0, 0.1) is 6.92 Å². The van der Waals surface area contributed by atoms with Crippen molar-refractivity contribution in [3.63, 3.8) is 0 Å². The number of furan rings is 1. The molecule has 1 aromatic heterocycles. The van der Waals surface area contributed by atoms with E-state index < -0.39 is 0 Å². The van der Waals surface area contributed by atoms with Gasteiger partial charge in [0.15, 0.2) is 5.09 Å². The van der Waals surface area contributed by atoms with E-state index in [1.54, 1.807) is 18.0 Å². The number of hydrogen-bond donors (Lipinski definition) is 1. The fourth-order valence-corrected chi connectivity index (χ4v) is 3.23. The summed E-state index contributed by atoms with van der Waals surface area (Å²) in [6.45, 7) is 2.07. The Morgan fingerprint density at radius 3 is 2.57 bits per heavy atom. The number of hydrazone groups is 1. The Balaban J connectivity index is 1.67. The lowest BCUT2D eigenvalue weighted by atomic mass is 10.2. The van der Waals surface area contributed by atoms with Crippen molar-refractivity contribution in [2.45, 2.75) is 16.9 Å². The summed E-state index contributed by atoms with van der Waals surface area (Å²) >= 11 is 5.11. The number of halogens is 1.